The fourth-order valence-corrected chi connectivity index (χ4v) is 2.25. The van der Waals surface area contributed by atoms with Crippen molar-refractivity contribution in [2.45, 2.75) is 12.8 Å². The summed E-state index contributed by atoms with van der Waals surface area (Å²) in [6.45, 7) is 1.74. The molecule has 1 N–H and O–H groups in total. The lowest BCUT2D eigenvalue weighted by atomic mass is 10.2. The third-order valence-corrected chi connectivity index (χ3v) is 3.22. The van der Waals surface area contributed by atoms with E-state index in [9.17, 15) is 4.79 Å². The molecular formula is C13H15BrN2O. The van der Waals surface area contributed by atoms with E-state index in [-0.39, 0.29) is 6.03 Å². The summed E-state index contributed by atoms with van der Waals surface area (Å²) < 4.78 is 1.03. The van der Waals surface area contributed by atoms with E-state index in [2.05, 4.69) is 21.2 Å². The van der Waals surface area contributed by atoms with Gasteiger partial charge in [0, 0.05) is 23.8 Å². The molecule has 0 bridgehead atoms. The molecule has 1 fully saturated rings. The summed E-state index contributed by atoms with van der Waals surface area (Å²) in [5, 5.41) is 2.78. The van der Waals surface area contributed by atoms with Gasteiger partial charge in [-0.15, -0.1) is 0 Å². The van der Waals surface area contributed by atoms with Crippen LogP contribution in [0.5, 0.6) is 0 Å². The van der Waals surface area contributed by atoms with Crippen LogP contribution in [0.4, 0.5) is 4.79 Å². The molecule has 0 atom stereocenters. The Hall–Kier alpha value is -1.29. The lowest BCUT2D eigenvalue weighted by Gasteiger charge is -2.13. The average molecular weight is 295 g/mol. The molecule has 90 valence electrons. The highest BCUT2D eigenvalue weighted by atomic mass is 79.9. The van der Waals surface area contributed by atoms with Gasteiger partial charge in [0.15, 0.2) is 0 Å². The Kier molecular flexibility index (Phi) is 4.20. The average Bonchev–Trinajstić information content (AvgIpc) is 2.82. The van der Waals surface area contributed by atoms with Gasteiger partial charge in [0.2, 0.25) is 0 Å². The smallest absolute Gasteiger partial charge is 0.321 e. The van der Waals surface area contributed by atoms with Gasteiger partial charge in [-0.3, -0.25) is 0 Å². The van der Waals surface area contributed by atoms with Crippen molar-refractivity contribution >= 4 is 28.0 Å². The zero-order valence-corrected chi connectivity index (χ0v) is 11.1. The highest BCUT2D eigenvalue weighted by Crippen LogP contribution is 2.12. The summed E-state index contributed by atoms with van der Waals surface area (Å²) >= 11 is 3.41. The van der Waals surface area contributed by atoms with Gasteiger partial charge >= 0.3 is 6.03 Å². The fraction of sp³-hybridized carbons (Fsp3) is 0.308. The van der Waals surface area contributed by atoms with Crippen molar-refractivity contribution in [3.63, 3.8) is 0 Å². The van der Waals surface area contributed by atoms with Crippen molar-refractivity contribution < 1.29 is 4.79 Å². The minimum atomic E-state index is -0.00579. The molecule has 2 amide bonds. The minimum Gasteiger partial charge on any atom is -0.325 e. The van der Waals surface area contributed by atoms with Gasteiger partial charge in [-0.25, -0.2) is 4.79 Å². The Morgan fingerprint density at radius 3 is 2.82 bits per heavy atom. The van der Waals surface area contributed by atoms with Crippen molar-refractivity contribution in [2.24, 2.45) is 0 Å². The molecule has 0 aromatic heterocycles. The Balaban J connectivity index is 1.86. The zero-order chi connectivity index (χ0) is 12.1. The highest BCUT2D eigenvalue weighted by Gasteiger charge is 2.15. The number of carbonyl (C=O) groups is 1. The second kappa shape index (κ2) is 5.87. The molecule has 1 aliphatic rings. The van der Waals surface area contributed by atoms with Crippen molar-refractivity contribution in [3.05, 3.63) is 40.5 Å². The predicted octanol–water partition coefficient (Wildman–Crippen LogP) is 3.23. The number of nitrogens with one attached hydrogen (secondary N) is 1. The van der Waals surface area contributed by atoms with Crippen LogP contribution >= 0.6 is 15.9 Å². The van der Waals surface area contributed by atoms with Gasteiger partial charge in [0.1, 0.15) is 0 Å². The summed E-state index contributed by atoms with van der Waals surface area (Å²) in [6, 6.07) is 7.92. The van der Waals surface area contributed by atoms with Crippen molar-refractivity contribution in [1.82, 2.24) is 10.2 Å². The zero-order valence-electron chi connectivity index (χ0n) is 9.53. The van der Waals surface area contributed by atoms with E-state index < -0.39 is 0 Å². The topological polar surface area (TPSA) is 32.3 Å². The maximum atomic E-state index is 11.7. The number of halogens is 1. The number of carbonyl (C=O) groups excluding carboxylic acids is 1. The molecule has 1 aliphatic heterocycles. The van der Waals surface area contributed by atoms with Crippen LogP contribution in [0.1, 0.15) is 18.4 Å². The van der Waals surface area contributed by atoms with Crippen LogP contribution in [0.3, 0.4) is 0 Å². The Bertz CT molecular complexity index is 425. The number of likely N-dealkylation sites (tertiary alicyclic amines) is 1. The van der Waals surface area contributed by atoms with Gasteiger partial charge in [0.05, 0.1) is 0 Å². The number of hydrogen-bond acceptors (Lipinski definition) is 1. The third-order valence-electron chi connectivity index (χ3n) is 2.72. The van der Waals surface area contributed by atoms with E-state index in [1.165, 1.54) is 0 Å². The monoisotopic (exact) mass is 294 g/mol. The molecule has 0 aliphatic carbocycles. The largest absolute Gasteiger partial charge is 0.325 e. The molecule has 1 saturated heterocycles. The Labute approximate surface area is 110 Å². The second-order valence-corrected chi connectivity index (χ2v) is 4.95. The van der Waals surface area contributed by atoms with E-state index in [1.54, 1.807) is 6.20 Å². The highest BCUT2D eigenvalue weighted by molar-refractivity contribution is 9.10. The molecule has 1 aromatic rings. The molecule has 4 heteroatoms. The van der Waals surface area contributed by atoms with Gasteiger partial charge in [0.25, 0.3) is 0 Å². The first-order chi connectivity index (χ1) is 8.25. The lowest BCUT2D eigenvalue weighted by Crippen LogP contribution is -2.34. The summed E-state index contributed by atoms with van der Waals surface area (Å²) in [6.07, 6.45) is 5.81. The molecule has 1 aromatic carbocycles. The SMILES string of the molecule is O=C(N/C=C/c1cccc(Br)c1)N1CCCC1. The van der Waals surface area contributed by atoms with Crippen LogP contribution in [-0.4, -0.2) is 24.0 Å². The van der Waals surface area contributed by atoms with Crippen molar-refractivity contribution in [3.8, 4) is 0 Å². The number of urea groups is 1. The van der Waals surface area contributed by atoms with Gasteiger partial charge in [-0.2, -0.15) is 0 Å². The lowest BCUT2D eigenvalue weighted by molar-refractivity contribution is 0.212. The van der Waals surface area contributed by atoms with Crippen LogP contribution in [0, 0.1) is 0 Å². The first kappa shape index (κ1) is 12.2. The maximum Gasteiger partial charge on any atom is 0.321 e. The van der Waals surface area contributed by atoms with Crippen molar-refractivity contribution in [2.75, 3.05) is 13.1 Å². The number of amides is 2. The number of rotatable bonds is 2. The van der Waals surface area contributed by atoms with Crippen LogP contribution < -0.4 is 5.32 Å². The second-order valence-electron chi connectivity index (χ2n) is 4.03. The molecule has 2 rings (SSSR count). The number of nitrogens with zero attached hydrogens (tertiary/aromatic N) is 1. The molecule has 0 spiro atoms. The molecule has 1 heterocycles. The summed E-state index contributed by atoms with van der Waals surface area (Å²) in [7, 11) is 0. The normalized spacial score (nSPS) is 15.5. The Morgan fingerprint density at radius 2 is 2.12 bits per heavy atom. The van der Waals surface area contributed by atoms with E-state index in [0.717, 1.165) is 36.0 Å². The summed E-state index contributed by atoms with van der Waals surface area (Å²) in [5.74, 6) is 0. The Morgan fingerprint density at radius 1 is 1.35 bits per heavy atom. The van der Waals surface area contributed by atoms with Gasteiger partial charge in [-0.05, 0) is 36.6 Å². The molecule has 3 nitrogen and oxygen atoms in total. The number of benzene rings is 1. The van der Waals surface area contributed by atoms with Crippen LogP contribution in [0.25, 0.3) is 6.08 Å². The molecule has 0 radical (unpaired) electrons. The third kappa shape index (κ3) is 3.60. The van der Waals surface area contributed by atoms with Crippen LogP contribution in [0.15, 0.2) is 34.9 Å². The van der Waals surface area contributed by atoms with E-state index in [0.29, 0.717) is 0 Å². The van der Waals surface area contributed by atoms with Crippen LogP contribution in [-0.2, 0) is 0 Å². The molecule has 0 saturated carbocycles. The molecule has 17 heavy (non-hydrogen) atoms. The quantitative estimate of drug-likeness (QED) is 0.892. The minimum absolute atomic E-state index is 0.00579. The van der Waals surface area contributed by atoms with Crippen LogP contribution in [0.2, 0.25) is 0 Å². The molecular weight excluding hydrogens is 280 g/mol. The fourth-order valence-electron chi connectivity index (χ4n) is 1.83. The first-order valence-corrected chi connectivity index (χ1v) is 6.52. The predicted molar refractivity (Wildman–Crippen MR) is 72.5 cm³/mol. The number of hydrogen-bond donors (Lipinski definition) is 1. The van der Waals surface area contributed by atoms with E-state index in [1.807, 2.05) is 35.2 Å². The van der Waals surface area contributed by atoms with Crippen molar-refractivity contribution in [1.29, 1.82) is 0 Å². The standard InChI is InChI=1S/C13H15BrN2O/c14-12-5-3-4-11(10-12)6-7-15-13(17)16-8-1-2-9-16/h3-7,10H,1-2,8-9H2,(H,15,17)/b7-6+. The molecule has 0 unspecified atom stereocenters. The van der Waals surface area contributed by atoms with Gasteiger partial charge in [-0.1, -0.05) is 28.1 Å². The summed E-state index contributed by atoms with van der Waals surface area (Å²) in [4.78, 5) is 13.5. The van der Waals surface area contributed by atoms with E-state index in [4.69, 9.17) is 0 Å². The first-order valence-electron chi connectivity index (χ1n) is 5.73. The summed E-state index contributed by atoms with van der Waals surface area (Å²) in [5.41, 5.74) is 1.06. The van der Waals surface area contributed by atoms with E-state index >= 15 is 0 Å². The maximum absolute atomic E-state index is 11.7. The van der Waals surface area contributed by atoms with Gasteiger partial charge < -0.3 is 10.2 Å².